The van der Waals surface area contributed by atoms with Crippen molar-refractivity contribution in [1.82, 2.24) is 5.09 Å². The molecule has 0 saturated heterocycles. The van der Waals surface area contributed by atoms with Gasteiger partial charge in [-0.05, 0) is 6.42 Å². The largest absolute Gasteiger partial charge is 0.361 e. The molecule has 0 aromatic rings. The summed E-state index contributed by atoms with van der Waals surface area (Å²) in [5.74, 6) is 0.986. The van der Waals surface area contributed by atoms with Crippen LogP contribution in [0.5, 0.6) is 0 Å². The zero-order valence-corrected chi connectivity index (χ0v) is 11.3. The summed E-state index contributed by atoms with van der Waals surface area (Å²) in [6, 6.07) is 0. The summed E-state index contributed by atoms with van der Waals surface area (Å²) in [5, 5.41) is 2.66. The maximum atomic E-state index is 11.8. The van der Waals surface area contributed by atoms with Gasteiger partial charge in [0, 0.05) is 30.3 Å². The summed E-state index contributed by atoms with van der Waals surface area (Å²) in [4.78, 5) is 3.70. The minimum atomic E-state index is -2.78. The fourth-order valence-electron chi connectivity index (χ4n) is 0.543. The molecule has 0 aromatic heterocycles. The molecule has 14 heavy (non-hydrogen) atoms. The average molecular weight is 256 g/mol. The maximum Gasteiger partial charge on any atom is 0.361 e. The second-order valence-corrected chi connectivity index (χ2v) is 8.80. The molecule has 0 amide bonds. The molecule has 0 aromatic carbocycles. The van der Waals surface area contributed by atoms with Crippen LogP contribution in [-0.2, 0) is 9.09 Å². The Kier molecular flexibility index (Phi) is 8.87. The van der Waals surface area contributed by atoms with Crippen molar-refractivity contribution >= 4 is 34.3 Å². The summed E-state index contributed by atoms with van der Waals surface area (Å²) in [7, 11) is 5.86. The van der Waals surface area contributed by atoms with Crippen LogP contribution in [-0.4, -0.2) is 26.2 Å². The van der Waals surface area contributed by atoms with E-state index >= 15 is 0 Å². The number of unbranched alkanes of at least 4 members (excludes halogenated alkanes) is 1. The van der Waals surface area contributed by atoms with Crippen molar-refractivity contribution in [2.45, 2.75) is 19.8 Å². The topological polar surface area (TPSA) is 50.7 Å². The van der Waals surface area contributed by atoms with Crippen molar-refractivity contribution in [2.75, 3.05) is 19.9 Å². The summed E-state index contributed by atoms with van der Waals surface area (Å²) in [6.45, 7) is -0.649. The third kappa shape index (κ3) is 6.76. The molecule has 0 aliphatic rings. The highest BCUT2D eigenvalue weighted by atomic mass is 33.3. The molecule has 0 radical (unpaired) electrons. The molecule has 0 aliphatic heterocycles. The van der Waals surface area contributed by atoms with E-state index in [1.165, 1.54) is 23.9 Å². The van der Waals surface area contributed by atoms with E-state index in [1.54, 1.807) is 17.8 Å². The number of nitrogens with zero attached hydrogens (tertiary/aromatic N) is 1. The molecule has 1 N–H and O–H groups in total. The highest BCUT2D eigenvalue weighted by molar-refractivity contribution is 8.99. The van der Waals surface area contributed by atoms with Crippen LogP contribution in [0.15, 0.2) is 4.99 Å². The Bertz CT molecular complexity index is 214. The zero-order valence-electron chi connectivity index (χ0n) is 8.73. The highest BCUT2D eigenvalue weighted by Gasteiger charge is 2.20. The van der Waals surface area contributed by atoms with E-state index in [0.717, 1.165) is 18.6 Å². The Morgan fingerprint density at radius 3 is 2.86 bits per heavy atom. The Morgan fingerprint density at radius 2 is 2.36 bits per heavy atom. The van der Waals surface area contributed by atoms with E-state index in [-0.39, 0.29) is 0 Å². The molecule has 1 atom stereocenters. The van der Waals surface area contributed by atoms with Gasteiger partial charge in [-0.1, -0.05) is 24.1 Å². The van der Waals surface area contributed by atoms with Crippen LogP contribution in [0, 0.1) is 0 Å². The quantitative estimate of drug-likeness (QED) is 0.238. The van der Waals surface area contributed by atoms with E-state index in [2.05, 4.69) is 17.0 Å². The van der Waals surface area contributed by atoms with Gasteiger partial charge in [0.15, 0.2) is 0 Å². The summed E-state index contributed by atoms with van der Waals surface area (Å²) in [6.07, 6.45) is 3.68. The number of hydrogen-bond acceptors (Lipinski definition) is 5. The molecule has 0 bridgehead atoms. The van der Waals surface area contributed by atoms with Crippen molar-refractivity contribution < 1.29 is 9.09 Å². The third-order valence-electron chi connectivity index (χ3n) is 1.32. The van der Waals surface area contributed by atoms with E-state index in [0.29, 0.717) is 0 Å². The van der Waals surface area contributed by atoms with Crippen LogP contribution in [0.25, 0.3) is 0 Å². The number of nitrogens with one attached hydrogen (secondary N) is 1. The van der Waals surface area contributed by atoms with Crippen LogP contribution in [0.4, 0.5) is 0 Å². The van der Waals surface area contributed by atoms with Crippen LogP contribution in [0.2, 0.25) is 0 Å². The molecule has 0 spiro atoms. The molecular formula is C7H17N2O2PS2. The lowest BCUT2D eigenvalue weighted by atomic mass is 10.4. The van der Waals surface area contributed by atoms with Crippen molar-refractivity contribution in [2.24, 2.45) is 4.99 Å². The molecule has 0 aliphatic carbocycles. The number of rotatable bonds is 8. The molecule has 1 unspecified atom stereocenters. The van der Waals surface area contributed by atoms with Crippen molar-refractivity contribution in [3.8, 4) is 0 Å². The SMILES string of the molecule is CCCCSSP(=O)(NC=NC)OC. The fourth-order valence-corrected chi connectivity index (χ4v) is 5.93. The second-order valence-electron chi connectivity index (χ2n) is 2.45. The minimum absolute atomic E-state index is 0.986. The first-order valence-corrected chi connectivity index (χ1v) is 8.88. The van der Waals surface area contributed by atoms with Gasteiger partial charge < -0.3 is 4.52 Å². The number of aliphatic imine (C=N–C) groups is 1. The van der Waals surface area contributed by atoms with Gasteiger partial charge in [-0.3, -0.25) is 14.6 Å². The van der Waals surface area contributed by atoms with Gasteiger partial charge in [-0.2, -0.15) is 0 Å². The van der Waals surface area contributed by atoms with Crippen LogP contribution in [0.1, 0.15) is 19.8 Å². The molecule has 4 nitrogen and oxygen atoms in total. The summed E-state index contributed by atoms with van der Waals surface area (Å²) in [5.41, 5.74) is 0. The van der Waals surface area contributed by atoms with E-state index in [4.69, 9.17) is 4.52 Å². The number of hydrogen-bond donors (Lipinski definition) is 1. The van der Waals surface area contributed by atoms with Gasteiger partial charge in [0.25, 0.3) is 0 Å². The molecular weight excluding hydrogens is 239 g/mol. The second kappa shape index (κ2) is 8.65. The Morgan fingerprint density at radius 1 is 1.64 bits per heavy atom. The minimum Gasteiger partial charge on any atom is -0.309 e. The first kappa shape index (κ1) is 14.4. The monoisotopic (exact) mass is 256 g/mol. The Balaban J connectivity index is 3.81. The highest BCUT2D eigenvalue weighted by Crippen LogP contribution is 2.60. The molecule has 0 saturated carbocycles. The van der Waals surface area contributed by atoms with Gasteiger partial charge in [0.2, 0.25) is 0 Å². The predicted molar refractivity (Wildman–Crippen MR) is 67.1 cm³/mol. The normalized spacial score (nSPS) is 15.6. The van der Waals surface area contributed by atoms with Gasteiger partial charge in [0.1, 0.15) is 0 Å². The van der Waals surface area contributed by atoms with Crippen LogP contribution < -0.4 is 5.09 Å². The zero-order chi connectivity index (χ0) is 10.9. The first-order chi connectivity index (χ1) is 6.68. The maximum absolute atomic E-state index is 11.8. The lowest BCUT2D eigenvalue weighted by Crippen LogP contribution is -2.05. The molecule has 0 fully saturated rings. The van der Waals surface area contributed by atoms with Crippen molar-refractivity contribution in [3.63, 3.8) is 0 Å². The first-order valence-electron chi connectivity index (χ1n) is 4.34. The molecule has 0 heterocycles. The van der Waals surface area contributed by atoms with Gasteiger partial charge in [-0.15, -0.1) is 0 Å². The Hall–Kier alpha value is 0.360. The molecule has 84 valence electrons. The van der Waals surface area contributed by atoms with Gasteiger partial charge >= 0.3 is 6.72 Å². The smallest absolute Gasteiger partial charge is 0.309 e. The summed E-state index contributed by atoms with van der Waals surface area (Å²) >= 11 is 0. The van der Waals surface area contributed by atoms with E-state index in [9.17, 15) is 4.57 Å². The van der Waals surface area contributed by atoms with Crippen LogP contribution in [0.3, 0.4) is 0 Å². The molecule has 0 rings (SSSR count). The van der Waals surface area contributed by atoms with Crippen LogP contribution >= 0.6 is 27.9 Å². The van der Waals surface area contributed by atoms with Crippen molar-refractivity contribution in [3.05, 3.63) is 0 Å². The van der Waals surface area contributed by atoms with Crippen molar-refractivity contribution in [1.29, 1.82) is 0 Å². The lowest BCUT2D eigenvalue weighted by molar-refractivity contribution is 0.406. The predicted octanol–water partition coefficient (Wildman–Crippen LogP) is 3.17. The van der Waals surface area contributed by atoms with Gasteiger partial charge in [0.05, 0.1) is 6.34 Å². The van der Waals surface area contributed by atoms with E-state index < -0.39 is 6.72 Å². The van der Waals surface area contributed by atoms with E-state index in [1.807, 2.05) is 0 Å². The average Bonchev–Trinajstić information content (AvgIpc) is 2.22. The third-order valence-corrected chi connectivity index (χ3v) is 7.87. The molecule has 7 heteroatoms. The lowest BCUT2D eigenvalue weighted by Gasteiger charge is -2.13. The van der Waals surface area contributed by atoms with Gasteiger partial charge in [-0.25, -0.2) is 0 Å². The fraction of sp³-hybridized carbons (Fsp3) is 0.857. The standard InChI is InChI=1S/C7H17N2O2PS2/c1-4-5-6-13-14-12(10,11-3)9-7-8-2/h7H,4-6H2,1-3H3,(H,8,9,10). The Labute approximate surface area is 93.3 Å². The summed E-state index contributed by atoms with van der Waals surface area (Å²) < 4.78 is 16.7.